The van der Waals surface area contributed by atoms with Crippen molar-refractivity contribution in [2.75, 3.05) is 5.32 Å². The molecule has 4 nitrogen and oxygen atoms in total. The van der Waals surface area contributed by atoms with Crippen LogP contribution in [0.4, 0.5) is 5.69 Å². The van der Waals surface area contributed by atoms with E-state index in [1.165, 1.54) is 0 Å². The van der Waals surface area contributed by atoms with Gasteiger partial charge >= 0.3 is 124 Å². The summed E-state index contributed by atoms with van der Waals surface area (Å²) in [5, 5.41) is 2.86. The Balaban J connectivity index is 1.84. The second-order valence-corrected chi connectivity index (χ2v) is 6.16. The molecule has 0 aliphatic carbocycles. The molecule has 0 saturated heterocycles. The summed E-state index contributed by atoms with van der Waals surface area (Å²) in [5.41, 5.74) is 3.08. The number of nitrogens with one attached hydrogen (secondary N) is 1. The van der Waals surface area contributed by atoms with Crippen LogP contribution in [0.1, 0.15) is 10.4 Å². The fraction of sp³-hybridized carbons (Fsp3) is 0. The van der Waals surface area contributed by atoms with Gasteiger partial charge in [-0.05, 0) is 0 Å². The summed E-state index contributed by atoms with van der Waals surface area (Å²) in [6.07, 6.45) is 0. The van der Waals surface area contributed by atoms with Crippen molar-refractivity contribution >= 4 is 58.1 Å². The molecule has 0 aliphatic rings. The predicted octanol–water partition coefficient (Wildman–Crippen LogP) is 0.465. The van der Waals surface area contributed by atoms with Gasteiger partial charge in [-0.15, -0.1) is 0 Å². The van der Waals surface area contributed by atoms with Gasteiger partial charge in [0.15, 0.2) is 0 Å². The van der Waals surface area contributed by atoms with Crippen molar-refractivity contribution < 1.29 is 4.79 Å². The van der Waals surface area contributed by atoms with Crippen molar-refractivity contribution in [1.29, 1.82) is 0 Å². The van der Waals surface area contributed by atoms with Gasteiger partial charge in [-0.25, -0.2) is 0 Å². The van der Waals surface area contributed by atoms with Crippen LogP contribution in [-0.2, 0) is 0 Å². The van der Waals surface area contributed by atoms with E-state index in [2.05, 4.69) is 29.3 Å². The molecule has 0 unspecified atom stereocenters. The van der Waals surface area contributed by atoms with Crippen LogP contribution < -0.4 is 9.78 Å². The van der Waals surface area contributed by atoms with E-state index in [4.69, 9.17) is 0 Å². The molecule has 1 N–H and O–H groups in total. The van der Waals surface area contributed by atoms with E-state index in [-0.39, 0.29) is 20.9 Å². The first-order chi connectivity index (χ1) is 9.22. The maximum absolute atomic E-state index is 12.1. The van der Waals surface area contributed by atoms with E-state index in [0.717, 1.165) is 21.2 Å². The number of carbonyl (C=O) groups is 1. The first kappa shape index (κ1) is 12.6. The molecule has 0 aliphatic heterocycles. The molecule has 3 rings (SSSR count). The van der Waals surface area contributed by atoms with E-state index in [1.807, 2.05) is 30.3 Å². The van der Waals surface area contributed by atoms with Gasteiger partial charge in [0, 0.05) is 0 Å². The van der Waals surface area contributed by atoms with Crippen molar-refractivity contribution in [2.24, 2.45) is 0 Å². The van der Waals surface area contributed by atoms with E-state index in [1.54, 1.807) is 12.1 Å². The number of carbonyl (C=O) groups excluding carboxylic acids is 1. The number of amides is 1. The molecule has 19 heavy (non-hydrogen) atoms. The number of aromatic nitrogens is 2. The molecule has 3 aromatic rings. The monoisotopic (exact) mass is 383 g/mol. The van der Waals surface area contributed by atoms with Gasteiger partial charge in [0.2, 0.25) is 0 Å². The molecule has 0 bridgehead atoms. The molecule has 1 amide bonds. The minimum absolute atomic E-state index is 0.0629. The number of fused-ring (bicyclic) bond motifs is 1. The average Bonchev–Trinajstić information content (AvgIpc) is 2.88. The summed E-state index contributed by atoms with van der Waals surface area (Å²) < 4.78 is 9.63. The number of anilines is 1. The van der Waals surface area contributed by atoms with Gasteiger partial charge in [-0.1, -0.05) is 0 Å². The summed E-state index contributed by atoms with van der Waals surface area (Å²) in [6, 6.07) is 13.0. The Labute approximate surface area is 124 Å². The molecule has 0 fully saturated rings. The Morgan fingerprint density at radius 3 is 2.58 bits per heavy atom. The molecule has 0 radical (unpaired) electrons. The predicted molar refractivity (Wildman–Crippen MR) is 77.7 cm³/mol. The van der Waals surface area contributed by atoms with Gasteiger partial charge in [-0.3, -0.25) is 0 Å². The van der Waals surface area contributed by atoms with Crippen LogP contribution in [0.2, 0.25) is 0 Å². The summed E-state index contributed by atoms with van der Waals surface area (Å²) in [6.45, 7) is 0. The first-order valence-electron chi connectivity index (χ1n) is 5.55. The quantitative estimate of drug-likeness (QED) is 0.657. The van der Waals surface area contributed by atoms with Gasteiger partial charge in [0.25, 0.3) is 0 Å². The maximum atomic E-state index is 12.1. The third-order valence-corrected chi connectivity index (χ3v) is 4.43. The molecular weight excluding hydrogens is 372 g/mol. The third-order valence-electron chi connectivity index (χ3n) is 2.64. The fourth-order valence-electron chi connectivity index (χ4n) is 1.67. The van der Waals surface area contributed by atoms with Crippen LogP contribution in [0.15, 0.2) is 42.5 Å². The zero-order chi connectivity index (χ0) is 13.2. The summed E-state index contributed by atoms with van der Waals surface area (Å²) >= 11 is 2.40. The molecule has 2 aromatic carbocycles. The van der Waals surface area contributed by atoms with Crippen LogP contribution in [0.5, 0.6) is 0 Å². The van der Waals surface area contributed by atoms with Crippen molar-refractivity contribution in [3.63, 3.8) is 0 Å². The van der Waals surface area contributed by atoms with Crippen molar-refractivity contribution in [1.82, 2.24) is 7.96 Å². The Bertz CT molecular complexity index is 737. The Hall–Kier alpha value is -1.45. The fourth-order valence-corrected chi connectivity index (χ4v) is 3.07. The second-order valence-electron chi connectivity index (χ2n) is 3.97. The summed E-state index contributed by atoms with van der Waals surface area (Å²) in [5.74, 6) is -0.129. The molecule has 1 heterocycles. The topological polar surface area (TPSA) is 54.9 Å². The number of benzene rings is 2. The summed E-state index contributed by atoms with van der Waals surface area (Å²) in [7, 11) is 0. The molecule has 0 atom stereocenters. The zero-order valence-electron chi connectivity index (χ0n) is 9.70. The van der Waals surface area contributed by atoms with Crippen LogP contribution in [0.3, 0.4) is 0 Å². The first-order valence-corrected chi connectivity index (χ1v) is 8.02. The van der Waals surface area contributed by atoms with Crippen LogP contribution >= 0.6 is 0 Å². The number of nitrogens with zero attached hydrogens (tertiary/aromatic N) is 2. The van der Waals surface area contributed by atoms with Gasteiger partial charge in [0.1, 0.15) is 0 Å². The average molecular weight is 381 g/mol. The van der Waals surface area contributed by atoms with Crippen molar-refractivity contribution in [2.45, 2.75) is 0 Å². The molecule has 6 heteroatoms. The Morgan fingerprint density at radius 2 is 1.79 bits per heavy atom. The van der Waals surface area contributed by atoms with E-state index >= 15 is 0 Å². The molecule has 0 spiro atoms. The van der Waals surface area contributed by atoms with Crippen LogP contribution in [0, 0.1) is 0 Å². The third kappa shape index (κ3) is 2.77. The van der Waals surface area contributed by atoms with Gasteiger partial charge < -0.3 is 0 Å². The molecular formula is C13H9N3OSe2. The SMILES string of the molecule is O=C(Nc1ccc([SeH])cc1)c1ccc2n[se]nc2c1. The van der Waals surface area contributed by atoms with Gasteiger partial charge in [0.05, 0.1) is 0 Å². The standard InChI is InChI=1S/C13H9N3OSe2/c17-13(14-9-2-4-10(18)5-3-9)8-1-6-11-12(7-8)16-19-15-11/h1-7,18H,(H,14,17). The Morgan fingerprint density at radius 1 is 1.05 bits per heavy atom. The summed E-state index contributed by atoms with van der Waals surface area (Å²) in [4.78, 5) is 12.1. The Kier molecular flexibility index (Phi) is 3.49. The zero-order valence-corrected chi connectivity index (χ0v) is 13.3. The van der Waals surface area contributed by atoms with E-state index < -0.39 is 0 Å². The van der Waals surface area contributed by atoms with Crippen molar-refractivity contribution in [3.8, 4) is 0 Å². The normalized spacial score (nSPS) is 10.6. The molecule has 94 valence electrons. The minimum atomic E-state index is -0.129. The number of hydrogen-bond donors (Lipinski definition) is 1. The van der Waals surface area contributed by atoms with E-state index in [0.29, 0.717) is 5.56 Å². The molecule has 1 aromatic heterocycles. The van der Waals surface area contributed by atoms with E-state index in [9.17, 15) is 4.79 Å². The second kappa shape index (κ2) is 5.27. The van der Waals surface area contributed by atoms with Crippen LogP contribution in [0.25, 0.3) is 11.0 Å². The van der Waals surface area contributed by atoms with Crippen LogP contribution in [-0.4, -0.2) is 44.8 Å². The van der Waals surface area contributed by atoms with Crippen molar-refractivity contribution in [3.05, 3.63) is 48.0 Å². The number of rotatable bonds is 2. The van der Waals surface area contributed by atoms with Gasteiger partial charge in [-0.2, -0.15) is 0 Å². The number of hydrogen-bond acceptors (Lipinski definition) is 3. The molecule has 0 saturated carbocycles.